The predicted molar refractivity (Wildman–Crippen MR) is 110 cm³/mol. The van der Waals surface area contributed by atoms with Crippen molar-refractivity contribution in [2.45, 2.75) is 24.5 Å². The first-order valence-corrected chi connectivity index (χ1v) is 13.5. The van der Waals surface area contributed by atoms with Crippen LogP contribution in [0, 0.1) is 12.3 Å². The van der Waals surface area contributed by atoms with Gasteiger partial charge in [0.1, 0.15) is 30.2 Å². The van der Waals surface area contributed by atoms with Crippen LogP contribution in [0.15, 0.2) is 12.7 Å². The van der Waals surface area contributed by atoms with Crippen molar-refractivity contribution in [2.75, 3.05) is 18.9 Å². The van der Waals surface area contributed by atoms with Crippen LogP contribution < -0.4 is 10.8 Å². The van der Waals surface area contributed by atoms with Crippen molar-refractivity contribution in [2.24, 2.45) is 0 Å². The molecular formula is C13H19N6O12P3. The summed E-state index contributed by atoms with van der Waals surface area (Å²) in [5.74, 6) is 1.95. The van der Waals surface area contributed by atoms with Gasteiger partial charge in [-0.05, 0) is 0 Å². The fraction of sp³-hybridized carbons (Fsp3) is 0.462. The van der Waals surface area contributed by atoms with Crippen molar-refractivity contribution in [3.05, 3.63) is 12.7 Å². The fourth-order valence-corrected chi connectivity index (χ4v) is 6.40. The number of imidazole rings is 1. The molecule has 0 saturated carbocycles. The van der Waals surface area contributed by atoms with Gasteiger partial charge >= 0.3 is 23.4 Å². The lowest BCUT2D eigenvalue weighted by Crippen LogP contribution is -2.33. The van der Waals surface area contributed by atoms with E-state index >= 15 is 0 Å². The number of phosphoric ester groups is 1. The summed E-state index contributed by atoms with van der Waals surface area (Å²) < 4.78 is 54.5. The monoisotopic (exact) mass is 544 g/mol. The first-order valence-electron chi connectivity index (χ1n) is 8.94. The second-order valence-corrected chi connectivity index (χ2v) is 11.4. The van der Waals surface area contributed by atoms with Crippen LogP contribution in [-0.4, -0.2) is 75.9 Å². The van der Waals surface area contributed by atoms with Crippen LogP contribution in [-0.2, 0) is 31.6 Å². The van der Waals surface area contributed by atoms with Crippen LogP contribution >= 0.6 is 23.4 Å². The van der Waals surface area contributed by atoms with Gasteiger partial charge in [-0.25, -0.2) is 33.7 Å². The zero-order chi connectivity index (χ0) is 25.3. The molecule has 2 aromatic rings. The summed E-state index contributed by atoms with van der Waals surface area (Å²) in [6, 6.07) is 0. The minimum atomic E-state index is -5.62. The van der Waals surface area contributed by atoms with E-state index in [0.717, 1.165) is 6.33 Å². The highest BCUT2D eigenvalue weighted by atomic mass is 31.3. The van der Waals surface area contributed by atoms with Gasteiger partial charge in [0.25, 0.3) is 0 Å². The van der Waals surface area contributed by atoms with Gasteiger partial charge in [-0.1, -0.05) is 5.92 Å². The molecule has 21 heteroatoms. The molecule has 1 fully saturated rings. The second kappa shape index (κ2) is 10.1. The molecule has 0 aliphatic carbocycles. The summed E-state index contributed by atoms with van der Waals surface area (Å²) in [7, 11) is -16.0. The Kier molecular flexibility index (Phi) is 7.92. The molecule has 0 radical (unpaired) electrons. The minimum Gasteiger partial charge on any atom is -0.387 e. The number of anilines is 1. The highest BCUT2D eigenvalue weighted by molar-refractivity contribution is 7.67. The molecule has 2 aromatic heterocycles. The van der Waals surface area contributed by atoms with Crippen molar-refractivity contribution in [1.82, 2.24) is 24.6 Å². The molecule has 1 aliphatic heterocycles. The molecule has 188 valence electrons. The van der Waals surface area contributed by atoms with Gasteiger partial charge in [-0.2, -0.15) is 8.62 Å². The van der Waals surface area contributed by atoms with Gasteiger partial charge in [-0.3, -0.25) is 9.09 Å². The highest BCUT2D eigenvalue weighted by Gasteiger charge is 2.47. The molecule has 0 aromatic carbocycles. The molecule has 8 N–H and O–H groups in total. The third-order valence-electron chi connectivity index (χ3n) is 4.20. The average Bonchev–Trinajstić information content (AvgIpc) is 3.26. The number of phosphoric acid groups is 2. The van der Waals surface area contributed by atoms with E-state index in [-0.39, 0.29) is 17.0 Å². The fourth-order valence-electron chi connectivity index (χ4n) is 2.80. The Hall–Kier alpha value is -1.80. The Balaban J connectivity index is 1.65. The number of ether oxygens (including phenoxy) is 1. The zero-order valence-corrected chi connectivity index (χ0v) is 19.4. The summed E-state index contributed by atoms with van der Waals surface area (Å²) in [4.78, 5) is 40.3. The standard InChI is InChI=1S/C13H19N6O12P3/c1-2-3-18-32(22,23)30-34(26,27)31-33(24,25)28-4-7-9(20)10(21)13(29-7)19-6-17-8-11(14)15-5-16-12(8)19/h1,5-7,9-10,13,20-21H,3-4H2,(H,24,25)(H,26,27)(H2,14,15,16)(H2,18,22,23)/t7-,9-,10-,13+/m1/s1. The third kappa shape index (κ3) is 6.25. The lowest BCUT2D eigenvalue weighted by atomic mass is 10.1. The summed E-state index contributed by atoms with van der Waals surface area (Å²) in [5, 5.41) is 22.3. The van der Waals surface area contributed by atoms with E-state index in [2.05, 4.69) is 28.1 Å². The first-order chi connectivity index (χ1) is 15.8. The molecule has 3 rings (SSSR count). The van der Waals surface area contributed by atoms with Gasteiger partial charge in [0.05, 0.1) is 19.5 Å². The third-order valence-corrected chi connectivity index (χ3v) is 8.60. The van der Waals surface area contributed by atoms with E-state index in [1.165, 1.54) is 10.9 Å². The molecule has 7 atom stereocenters. The summed E-state index contributed by atoms with van der Waals surface area (Å²) in [6.45, 7) is -1.47. The van der Waals surface area contributed by atoms with Crippen molar-refractivity contribution in [3.63, 3.8) is 0 Å². The second-order valence-electron chi connectivity index (χ2n) is 6.58. The van der Waals surface area contributed by atoms with Crippen molar-refractivity contribution < 1.29 is 56.5 Å². The van der Waals surface area contributed by atoms with Gasteiger partial charge < -0.3 is 35.4 Å². The highest BCUT2D eigenvalue weighted by Crippen LogP contribution is 2.66. The van der Waals surface area contributed by atoms with Crippen LogP contribution in [0.2, 0.25) is 0 Å². The molecule has 34 heavy (non-hydrogen) atoms. The number of terminal acetylenes is 1. The Morgan fingerprint density at radius 2 is 1.85 bits per heavy atom. The summed E-state index contributed by atoms with van der Waals surface area (Å²) in [5.41, 5.74) is 6.04. The van der Waals surface area contributed by atoms with Crippen LogP contribution in [0.5, 0.6) is 0 Å². The van der Waals surface area contributed by atoms with Gasteiger partial charge in [-0.15, -0.1) is 6.42 Å². The van der Waals surface area contributed by atoms with Gasteiger partial charge in [0, 0.05) is 0 Å². The number of nitrogens with two attached hydrogens (primary N) is 1. The zero-order valence-electron chi connectivity index (χ0n) is 16.8. The number of nitrogen functional groups attached to an aromatic ring is 1. The summed E-state index contributed by atoms with van der Waals surface area (Å²) >= 11 is 0. The maximum Gasteiger partial charge on any atom is 0.489 e. The number of hydrogen-bond donors (Lipinski definition) is 7. The number of rotatable bonds is 10. The SMILES string of the molecule is C#CCNP(=O)(O)OP(=O)(O)OP(=O)(O)OC[C@H]1O[C@H](n2cnc3c(N)ncnc32)[C@H](O)[C@@H]1O. The maximum absolute atomic E-state index is 12.0. The minimum absolute atomic E-state index is 0.0487. The number of aliphatic hydroxyl groups is 2. The first kappa shape index (κ1) is 26.8. The Labute approximate surface area is 190 Å². The van der Waals surface area contributed by atoms with Gasteiger partial charge in [0.2, 0.25) is 0 Å². The lowest BCUT2D eigenvalue weighted by molar-refractivity contribution is -0.0503. The van der Waals surface area contributed by atoms with Gasteiger partial charge in [0.15, 0.2) is 17.7 Å². The number of fused-ring (bicyclic) bond motifs is 1. The van der Waals surface area contributed by atoms with Crippen LogP contribution in [0.3, 0.4) is 0 Å². The molecule has 0 bridgehead atoms. The molecule has 0 spiro atoms. The van der Waals surface area contributed by atoms with E-state index < -0.39 is 61.1 Å². The Morgan fingerprint density at radius 1 is 1.15 bits per heavy atom. The molecule has 18 nitrogen and oxygen atoms in total. The Morgan fingerprint density at radius 3 is 2.53 bits per heavy atom. The van der Waals surface area contributed by atoms with E-state index in [4.69, 9.17) is 16.9 Å². The molecular weight excluding hydrogens is 525 g/mol. The number of hydrogen-bond acceptors (Lipinski definition) is 13. The van der Waals surface area contributed by atoms with Crippen LogP contribution in [0.4, 0.5) is 5.82 Å². The number of aromatic nitrogens is 4. The molecule has 0 amide bonds. The lowest BCUT2D eigenvalue weighted by Gasteiger charge is -2.20. The summed E-state index contributed by atoms with van der Waals surface area (Å²) in [6.07, 6.45) is 1.23. The molecule has 1 aliphatic rings. The maximum atomic E-state index is 12.0. The molecule has 1 saturated heterocycles. The van der Waals surface area contributed by atoms with Crippen molar-refractivity contribution in [3.8, 4) is 12.3 Å². The predicted octanol–water partition coefficient (Wildman–Crippen LogP) is -1.40. The van der Waals surface area contributed by atoms with E-state index in [9.17, 15) is 38.6 Å². The van der Waals surface area contributed by atoms with Crippen molar-refractivity contribution in [1.29, 1.82) is 0 Å². The molecule has 3 unspecified atom stereocenters. The Bertz CT molecular complexity index is 1230. The molecule has 3 heterocycles. The average molecular weight is 544 g/mol. The number of nitrogens with zero attached hydrogens (tertiary/aromatic N) is 4. The van der Waals surface area contributed by atoms with Crippen molar-refractivity contribution >= 4 is 40.4 Å². The van der Waals surface area contributed by atoms with E-state index in [0.29, 0.717) is 0 Å². The number of aliphatic hydroxyl groups excluding tert-OH is 2. The van der Waals surface area contributed by atoms with E-state index in [1.54, 1.807) is 5.09 Å². The smallest absolute Gasteiger partial charge is 0.387 e. The topological polar surface area (TPSA) is 271 Å². The number of nitrogens with one attached hydrogen (secondary N) is 1. The largest absolute Gasteiger partial charge is 0.489 e. The van der Waals surface area contributed by atoms with E-state index in [1.807, 2.05) is 5.92 Å². The van der Waals surface area contributed by atoms with Crippen LogP contribution in [0.25, 0.3) is 11.2 Å². The van der Waals surface area contributed by atoms with Crippen LogP contribution in [0.1, 0.15) is 6.23 Å². The quantitative estimate of drug-likeness (QED) is 0.134. The normalized spacial score (nSPS) is 28.1.